The first-order chi connectivity index (χ1) is 29.7. The van der Waals surface area contributed by atoms with E-state index in [1.54, 1.807) is 6.20 Å². The summed E-state index contributed by atoms with van der Waals surface area (Å²) in [5, 5.41) is 1.04. The lowest BCUT2D eigenvalue weighted by molar-refractivity contribution is 0.457. The van der Waals surface area contributed by atoms with E-state index in [4.69, 9.17) is 29.4 Å². The van der Waals surface area contributed by atoms with Crippen LogP contribution in [-0.2, 0) is 0 Å². The first kappa shape index (κ1) is 35.0. The Morgan fingerprint density at radius 1 is 0.500 bits per heavy atom. The van der Waals surface area contributed by atoms with Gasteiger partial charge in [-0.25, -0.2) is 9.55 Å². The molecule has 282 valence electrons. The van der Waals surface area contributed by atoms with Crippen LogP contribution in [0, 0.1) is 0 Å². The van der Waals surface area contributed by atoms with Gasteiger partial charge >= 0.3 is 0 Å². The van der Waals surface area contributed by atoms with Gasteiger partial charge in [-0.15, -0.1) is 0 Å². The average molecular weight is 773 g/mol. The number of para-hydroxylation sites is 1. The molecule has 0 saturated carbocycles. The van der Waals surface area contributed by atoms with E-state index in [0.717, 1.165) is 55.2 Å². The molecule has 0 unspecified atom stereocenters. The molecule has 0 N–H and O–H groups in total. The molecule has 0 aliphatic carbocycles. The zero-order chi connectivity index (χ0) is 39.8. The third-order valence-electron chi connectivity index (χ3n) is 10.8. The van der Waals surface area contributed by atoms with Gasteiger partial charge in [0.15, 0.2) is 17.4 Å². The van der Waals surface area contributed by atoms with Crippen LogP contribution in [0.4, 0.5) is 0 Å². The Balaban J connectivity index is 1.09. The molecule has 5 heterocycles. The number of hydrogen-bond acceptors (Lipinski definition) is 7. The summed E-state index contributed by atoms with van der Waals surface area (Å²) < 4.78 is 15.8. The van der Waals surface area contributed by atoms with Crippen molar-refractivity contribution in [1.82, 2.24) is 29.5 Å². The van der Waals surface area contributed by atoms with Gasteiger partial charge in [-0.2, -0.15) is 9.97 Å². The van der Waals surface area contributed by atoms with E-state index in [1.165, 1.54) is 0 Å². The van der Waals surface area contributed by atoms with Crippen molar-refractivity contribution in [2.75, 3.05) is 0 Å². The highest BCUT2D eigenvalue weighted by Crippen LogP contribution is 2.39. The maximum absolute atomic E-state index is 7.25. The maximum Gasteiger partial charge on any atom is 0.254 e. The first-order valence-electron chi connectivity index (χ1n) is 19.8. The highest BCUT2D eigenvalue weighted by molar-refractivity contribution is 6.98. The van der Waals surface area contributed by atoms with E-state index >= 15 is 0 Å². The van der Waals surface area contributed by atoms with Crippen LogP contribution >= 0.6 is 0 Å². The van der Waals surface area contributed by atoms with Crippen molar-refractivity contribution in [1.29, 1.82) is 0 Å². The lowest BCUT2D eigenvalue weighted by Gasteiger charge is -2.27. The number of pyridine rings is 2. The summed E-state index contributed by atoms with van der Waals surface area (Å²) in [5.74, 6) is 4.22. The third-order valence-corrected chi connectivity index (χ3v) is 10.8. The topological polar surface area (TPSA) is 87.8 Å². The normalized spacial score (nSPS) is 11.8. The highest BCUT2D eigenvalue weighted by Gasteiger charge is 2.39. The van der Waals surface area contributed by atoms with Gasteiger partial charge in [-0.1, -0.05) is 145 Å². The monoisotopic (exact) mass is 772 g/mol. The van der Waals surface area contributed by atoms with Gasteiger partial charge in [-0.05, 0) is 59.4 Å². The fourth-order valence-corrected chi connectivity index (χ4v) is 8.06. The molecule has 10 aromatic rings. The molecular formula is C51H33BN6O2. The van der Waals surface area contributed by atoms with Crippen molar-refractivity contribution >= 4 is 34.0 Å². The van der Waals surface area contributed by atoms with Gasteiger partial charge in [0, 0.05) is 40.1 Å². The Morgan fingerprint density at radius 2 is 1.12 bits per heavy atom. The molecule has 1 aliphatic rings. The van der Waals surface area contributed by atoms with Crippen LogP contribution in [0.5, 0.6) is 23.1 Å². The van der Waals surface area contributed by atoms with Gasteiger partial charge < -0.3 is 9.47 Å². The summed E-state index contributed by atoms with van der Waals surface area (Å²) in [6.07, 6.45) is 3.66. The molecule has 0 bridgehead atoms. The second kappa shape index (κ2) is 15.0. The van der Waals surface area contributed by atoms with Crippen LogP contribution in [0.2, 0.25) is 0 Å². The maximum atomic E-state index is 7.25. The lowest BCUT2D eigenvalue weighted by atomic mass is 9.36. The van der Waals surface area contributed by atoms with Crippen molar-refractivity contribution in [2.24, 2.45) is 0 Å². The van der Waals surface area contributed by atoms with Crippen LogP contribution in [0.1, 0.15) is 0 Å². The first-order valence-corrected chi connectivity index (χ1v) is 19.8. The second-order valence-electron chi connectivity index (χ2n) is 14.5. The summed E-state index contributed by atoms with van der Waals surface area (Å²) in [6.45, 7) is -0.198. The fraction of sp³-hybridized carbons (Fsp3) is 0. The summed E-state index contributed by atoms with van der Waals surface area (Å²) in [6, 6.07) is 62.8. The molecule has 60 heavy (non-hydrogen) atoms. The van der Waals surface area contributed by atoms with E-state index < -0.39 is 0 Å². The average Bonchev–Trinajstić information content (AvgIpc) is 3.65. The van der Waals surface area contributed by atoms with Crippen molar-refractivity contribution in [3.8, 4) is 74.4 Å². The molecule has 1 aliphatic heterocycles. The van der Waals surface area contributed by atoms with Crippen LogP contribution in [-0.4, -0.2) is 36.2 Å². The second-order valence-corrected chi connectivity index (χ2v) is 14.5. The quantitative estimate of drug-likeness (QED) is 0.142. The Hall–Kier alpha value is -8.17. The predicted octanol–water partition coefficient (Wildman–Crippen LogP) is 9.69. The van der Waals surface area contributed by atoms with E-state index in [0.29, 0.717) is 46.4 Å². The van der Waals surface area contributed by atoms with Crippen LogP contribution < -0.4 is 25.9 Å². The Kier molecular flexibility index (Phi) is 8.74. The number of benzene rings is 6. The molecule has 0 saturated heterocycles. The van der Waals surface area contributed by atoms with Crippen molar-refractivity contribution < 1.29 is 9.47 Å². The lowest BCUT2D eigenvalue weighted by Crippen LogP contribution is -2.55. The van der Waals surface area contributed by atoms with Crippen molar-refractivity contribution in [2.45, 2.75) is 0 Å². The number of nitrogens with zero attached hydrogens (tertiary/aromatic N) is 6. The number of ether oxygens (including phenoxy) is 2. The fourth-order valence-electron chi connectivity index (χ4n) is 8.06. The van der Waals surface area contributed by atoms with E-state index in [9.17, 15) is 0 Å². The van der Waals surface area contributed by atoms with Crippen LogP contribution in [0.3, 0.4) is 0 Å². The van der Waals surface area contributed by atoms with Gasteiger partial charge in [0.05, 0.1) is 11.2 Å². The molecule has 4 aromatic heterocycles. The van der Waals surface area contributed by atoms with E-state index in [1.807, 2.05) is 150 Å². The smallest absolute Gasteiger partial charge is 0.254 e. The van der Waals surface area contributed by atoms with Crippen molar-refractivity contribution in [3.63, 3.8) is 0 Å². The summed E-state index contributed by atoms with van der Waals surface area (Å²) >= 11 is 0. The zero-order valence-corrected chi connectivity index (χ0v) is 32.1. The third kappa shape index (κ3) is 6.35. The number of hydrogen-bond donors (Lipinski definition) is 0. The van der Waals surface area contributed by atoms with Crippen LogP contribution in [0.15, 0.2) is 200 Å². The summed E-state index contributed by atoms with van der Waals surface area (Å²) in [5.41, 5.74) is 9.22. The molecule has 0 radical (unpaired) electrons. The zero-order valence-electron chi connectivity index (χ0n) is 32.1. The largest absolute Gasteiger partial charge is 0.457 e. The molecule has 0 amide bonds. The summed E-state index contributed by atoms with van der Waals surface area (Å²) in [4.78, 5) is 24.8. The molecule has 0 atom stereocenters. The van der Waals surface area contributed by atoms with Crippen molar-refractivity contribution in [3.05, 3.63) is 200 Å². The van der Waals surface area contributed by atoms with E-state index in [2.05, 4.69) is 53.5 Å². The van der Waals surface area contributed by atoms with Gasteiger partial charge in [0.25, 0.3) is 6.71 Å². The minimum Gasteiger partial charge on any atom is -0.457 e. The number of rotatable bonds is 8. The summed E-state index contributed by atoms with van der Waals surface area (Å²) in [7, 11) is 0. The number of fused-ring (bicyclic) bond motifs is 4. The SMILES string of the molecule is c1ccc(B2c3ccnc(-c4cccc(Oc5cccc(-c6ccccn6)c5)c4)c3Oc3c2c2ccccc2n3-c2nc(-c3ccccc3)nc(-c3ccccc3)n2)cc1. The highest BCUT2D eigenvalue weighted by atomic mass is 16.5. The minimum atomic E-state index is -0.198. The standard InChI is InChI=1S/C51H33BN6O2/c1-4-16-34(17-5-1)48-55-49(35-18-6-2-7-19-35)57-51(56-48)58-44-28-11-10-26-41(44)45-50(58)60-47-42(52(45)38-22-8-3-9-23-38)29-31-54-46(47)37-21-15-25-40(33-37)59-39-24-14-20-36(32-39)43-27-12-13-30-53-43/h1-33H. The molecular weight excluding hydrogens is 739 g/mol. The Bertz CT molecular complexity index is 3100. The van der Waals surface area contributed by atoms with Crippen LogP contribution in [0.25, 0.3) is 62.1 Å². The van der Waals surface area contributed by atoms with Gasteiger partial charge in [0.2, 0.25) is 11.8 Å². The Labute approximate surface area is 346 Å². The predicted molar refractivity (Wildman–Crippen MR) is 238 cm³/mol. The molecule has 11 rings (SSSR count). The molecule has 9 heteroatoms. The van der Waals surface area contributed by atoms with Gasteiger partial charge in [0.1, 0.15) is 17.2 Å². The molecule has 0 spiro atoms. The molecule has 0 fully saturated rings. The molecule has 8 nitrogen and oxygen atoms in total. The Morgan fingerprint density at radius 3 is 1.82 bits per heavy atom. The molecule has 6 aromatic carbocycles. The van der Waals surface area contributed by atoms with E-state index in [-0.39, 0.29) is 6.71 Å². The van der Waals surface area contributed by atoms with Gasteiger partial charge in [-0.3, -0.25) is 9.97 Å². The number of aromatic nitrogens is 6. The minimum absolute atomic E-state index is 0.198.